The van der Waals surface area contributed by atoms with Crippen molar-refractivity contribution in [2.45, 2.75) is 18.8 Å². The van der Waals surface area contributed by atoms with Crippen molar-refractivity contribution < 1.29 is 0 Å². The molecule has 0 unspecified atom stereocenters. The molecule has 1 aromatic carbocycles. The number of H-pyrrole nitrogens is 1. The molecule has 0 saturated carbocycles. The lowest BCUT2D eigenvalue weighted by Gasteiger charge is -2.33. The van der Waals surface area contributed by atoms with Crippen LogP contribution >= 0.6 is 15.9 Å². The van der Waals surface area contributed by atoms with Crippen molar-refractivity contribution in [3.05, 3.63) is 47.0 Å². The maximum absolute atomic E-state index is 4.45. The van der Waals surface area contributed by atoms with E-state index >= 15 is 0 Å². The number of nitrogens with one attached hydrogen (secondary N) is 1. The third kappa shape index (κ3) is 2.37. The molecule has 1 saturated heterocycles. The standard InChI is InChI=1S/C16H16BrN5/c17-13-4-2-1-3-12(13)11-5-7-22(8-6-11)16-14-15(19-9-18-14)20-10-21-16/h1-4,9-11H,5-8H2,(H,18,19,20,21). The van der Waals surface area contributed by atoms with E-state index in [2.05, 4.69) is 65.0 Å². The average molecular weight is 358 g/mol. The monoisotopic (exact) mass is 357 g/mol. The first kappa shape index (κ1) is 13.7. The summed E-state index contributed by atoms with van der Waals surface area (Å²) in [4.78, 5) is 18.3. The van der Waals surface area contributed by atoms with Gasteiger partial charge in [0.1, 0.15) is 11.8 Å². The molecule has 0 atom stereocenters. The molecule has 0 radical (unpaired) electrons. The summed E-state index contributed by atoms with van der Waals surface area (Å²) in [5.74, 6) is 1.57. The number of anilines is 1. The van der Waals surface area contributed by atoms with Crippen LogP contribution in [0, 0.1) is 0 Å². The SMILES string of the molecule is Brc1ccccc1C1CCN(c2ncnc3nc[nH]c23)CC1. The van der Waals surface area contributed by atoms with Gasteiger partial charge in [0.15, 0.2) is 11.5 Å². The Kier molecular flexibility index (Phi) is 3.54. The van der Waals surface area contributed by atoms with Gasteiger partial charge >= 0.3 is 0 Å². The van der Waals surface area contributed by atoms with Crippen molar-refractivity contribution in [1.82, 2.24) is 19.9 Å². The van der Waals surface area contributed by atoms with Crippen LogP contribution in [0.25, 0.3) is 11.2 Å². The summed E-state index contributed by atoms with van der Waals surface area (Å²) in [6, 6.07) is 8.53. The fraction of sp³-hybridized carbons (Fsp3) is 0.312. The van der Waals surface area contributed by atoms with E-state index in [0.717, 1.165) is 42.9 Å². The van der Waals surface area contributed by atoms with E-state index in [9.17, 15) is 0 Å². The molecule has 1 N–H and O–H groups in total. The molecule has 3 heterocycles. The van der Waals surface area contributed by atoms with Crippen molar-refractivity contribution in [1.29, 1.82) is 0 Å². The molecule has 0 aliphatic carbocycles. The van der Waals surface area contributed by atoms with Gasteiger partial charge in [-0.05, 0) is 30.4 Å². The van der Waals surface area contributed by atoms with Crippen LogP contribution in [0.4, 0.5) is 5.82 Å². The molecule has 0 spiro atoms. The minimum absolute atomic E-state index is 0.603. The van der Waals surface area contributed by atoms with E-state index in [1.54, 1.807) is 12.7 Å². The van der Waals surface area contributed by atoms with E-state index in [0.29, 0.717) is 5.92 Å². The van der Waals surface area contributed by atoms with E-state index in [4.69, 9.17) is 0 Å². The van der Waals surface area contributed by atoms with Crippen LogP contribution in [0.1, 0.15) is 24.3 Å². The zero-order chi connectivity index (χ0) is 14.9. The number of aromatic amines is 1. The Bertz CT molecular complexity index is 792. The predicted molar refractivity (Wildman–Crippen MR) is 90.0 cm³/mol. The highest BCUT2D eigenvalue weighted by atomic mass is 79.9. The van der Waals surface area contributed by atoms with Gasteiger partial charge in [0.2, 0.25) is 0 Å². The zero-order valence-corrected chi connectivity index (χ0v) is 13.6. The van der Waals surface area contributed by atoms with Crippen LogP contribution in [-0.2, 0) is 0 Å². The van der Waals surface area contributed by atoms with Crippen LogP contribution in [-0.4, -0.2) is 33.0 Å². The summed E-state index contributed by atoms with van der Waals surface area (Å²) >= 11 is 3.67. The van der Waals surface area contributed by atoms with Crippen LogP contribution < -0.4 is 4.90 Å². The number of fused-ring (bicyclic) bond motifs is 1. The molecule has 3 aromatic rings. The Labute approximate surface area is 136 Å². The number of nitrogens with zero attached hydrogens (tertiary/aromatic N) is 4. The number of benzene rings is 1. The fourth-order valence-electron chi connectivity index (χ4n) is 3.20. The molecule has 1 aliphatic rings. The summed E-state index contributed by atoms with van der Waals surface area (Å²) in [6.07, 6.45) is 5.53. The smallest absolute Gasteiger partial charge is 0.182 e. The van der Waals surface area contributed by atoms with E-state index in [1.807, 2.05) is 0 Å². The van der Waals surface area contributed by atoms with E-state index in [1.165, 1.54) is 10.0 Å². The van der Waals surface area contributed by atoms with Gasteiger partial charge in [0.25, 0.3) is 0 Å². The van der Waals surface area contributed by atoms with Gasteiger partial charge in [-0.3, -0.25) is 0 Å². The second kappa shape index (κ2) is 5.68. The second-order valence-corrected chi connectivity index (χ2v) is 6.44. The minimum Gasteiger partial charge on any atom is -0.355 e. The van der Waals surface area contributed by atoms with Gasteiger partial charge in [-0.15, -0.1) is 0 Å². The molecule has 6 heteroatoms. The summed E-state index contributed by atoms with van der Waals surface area (Å²) in [7, 11) is 0. The highest BCUT2D eigenvalue weighted by Crippen LogP contribution is 2.34. The lowest BCUT2D eigenvalue weighted by Crippen LogP contribution is -2.33. The Balaban J connectivity index is 1.55. The van der Waals surface area contributed by atoms with Crippen LogP contribution in [0.5, 0.6) is 0 Å². The Morgan fingerprint density at radius 2 is 1.91 bits per heavy atom. The molecule has 112 valence electrons. The van der Waals surface area contributed by atoms with Gasteiger partial charge in [0, 0.05) is 17.6 Å². The Morgan fingerprint density at radius 1 is 1.09 bits per heavy atom. The molecule has 4 rings (SSSR count). The van der Waals surface area contributed by atoms with E-state index in [-0.39, 0.29) is 0 Å². The molecule has 0 bridgehead atoms. The number of imidazole rings is 1. The van der Waals surface area contributed by atoms with Crippen molar-refractivity contribution in [2.75, 3.05) is 18.0 Å². The Hall–Kier alpha value is -1.95. The van der Waals surface area contributed by atoms with Crippen LogP contribution in [0.2, 0.25) is 0 Å². The lowest BCUT2D eigenvalue weighted by atomic mass is 9.89. The summed E-state index contributed by atoms with van der Waals surface area (Å²) < 4.78 is 1.21. The van der Waals surface area contributed by atoms with Crippen molar-refractivity contribution in [2.24, 2.45) is 0 Å². The van der Waals surface area contributed by atoms with Gasteiger partial charge < -0.3 is 9.88 Å². The summed E-state index contributed by atoms with van der Waals surface area (Å²) in [5, 5.41) is 0. The number of rotatable bonds is 2. The zero-order valence-electron chi connectivity index (χ0n) is 12.0. The maximum atomic E-state index is 4.45. The fourth-order valence-corrected chi connectivity index (χ4v) is 3.81. The van der Waals surface area contributed by atoms with Crippen molar-refractivity contribution >= 4 is 32.9 Å². The first-order valence-corrected chi connectivity index (χ1v) is 8.25. The average Bonchev–Trinajstić information content (AvgIpc) is 3.04. The first-order chi connectivity index (χ1) is 10.8. The predicted octanol–water partition coefficient (Wildman–Crippen LogP) is 3.50. The molecule has 1 aliphatic heterocycles. The first-order valence-electron chi connectivity index (χ1n) is 7.46. The highest BCUT2D eigenvalue weighted by molar-refractivity contribution is 9.10. The molecular weight excluding hydrogens is 342 g/mol. The van der Waals surface area contributed by atoms with Crippen molar-refractivity contribution in [3.63, 3.8) is 0 Å². The van der Waals surface area contributed by atoms with E-state index < -0.39 is 0 Å². The largest absolute Gasteiger partial charge is 0.355 e. The molecule has 2 aromatic heterocycles. The van der Waals surface area contributed by atoms with Crippen LogP contribution in [0.3, 0.4) is 0 Å². The molecular formula is C16H16BrN5. The highest BCUT2D eigenvalue weighted by Gasteiger charge is 2.24. The molecule has 22 heavy (non-hydrogen) atoms. The lowest BCUT2D eigenvalue weighted by molar-refractivity contribution is 0.502. The summed E-state index contributed by atoms with van der Waals surface area (Å²) in [5.41, 5.74) is 3.08. The summed E-state index contributed by atoms with van der Waals surface area (Å²) in [6.45, 7) is 1.99. The van der Waals surface area contributed by atoms with Gasteiger partial charge in [-0.1, -0.05) is 34.1 Å². The third-order valence-corrected chi connectivity index (χ3v) is 5.06. The topological polar surface area (TPSA) is 57.7 Å². The number of halogens is 1. The number of aromatic nitrogens is 4. The molecule has 0 amide bonds. The number of hydrogen-bond acceptors (Lipinski definition) is 4. The van der Waals surface area contributed by atoms with Crippen molar-refractivity contribution in [3.8, 4) is 0 Å². The quantitative estimate of drug-likeness (QED) is 0.762. The second-order valence-electron chi connectivity index (χ2n) is 5.58. The number of piperidine rings is 1. The molecule has 1 fully saturated rings. The van der Waals surface area contributed by atoms with Crippen LogP contribution in [0.15, 0.2) is 41.4 Å². The number of hydrogen-bond donors (Lipinski definition) is 1. The molecule has 5 nitrogen and oxygen atoms in total. The Morgan fingerprint density at radius 3 is 2.73 bits per heavy atom. The van der Waals surface area contributed by atoms with Gasteiger partial charge in [-0.2, -0.15) is 0 Å². The van der Waals surface area contributed by atoms with Gasteiger partial charge in [-0.25, -0.2) is 15.0 Å². The minimum atomic E-state index is 0.603. The van der Waals surface area contributed by atoms with Gasteiger partial charge in [0.05, 0.1) is 6.33 Å². The maximum Gasteiger partial charge on any atom is 0.182 e. The third-order valence-electron chi connectivity index (χ3n) is 4.34. The normalized spacial score (nSPS) is 16.3.